The van der Waals surface area contributed by atoms with Crippen LogP contribution in [0.3, 0.4) is 0 Å². The molecule has 1 aliphatic carbocycles. The summed E-state index contributed by atoms with van der Waals surface area (Å²) >= 11 is 0. The number of ether oxygens (including phenoxy) is 2. The Morgan fingerprint density at radius 1 is 0.857 bits per heavy atom. The molecule has 0 spiro atoms. The molecule has 0 bridgehead atoms. The molecule has 1 aliphatic rings. The van der Waals surface area contributed by atoms with E-state index in [0.717, 1.165) is 27.8 Å². The molecule has 214 valence electrons. The van der Waals surface area contributed by atoms with E-state index >= 15 is 0 Å². The Bertz CT molecular complexity index is 1560. The van der Waals surface area contributed by atoms with Crippen LogP contribution in [0, 0.1) is 6.92 Å². The Morgan fingerprint density at radius 2 is 1.48 bits per heavy atom. The lowest BCUT2D eigenvalue weighted by atomic mass is 9.98. The van der Waals surface area contributed by atoms with E-state index in [9.17, 15) is 19.5 Å². The maximum atomic E-state index is 12.9. The molecule has 42 heavy (non-hydrogen) atoms. The third-order valence-electron chi connectivity index (χ3n) is 7.45. The van der Waals surface area contributed by atoms with E-state index < -0.39 is 30.1 Å². The third-order valence-corrected chi connectivity index (χ3v) is 7.45. The number of hydrogen-bond donors (Lipinski definition) is 3. The van der Waals surface area contributed by atoms with E-state index in [-0.39, 0.29) is 24.7 Å². The number of nitrogens with one attached hydrogen (secondary N) is 2. The van der Waals surface area contributed by atoms with Gasteiger partial charge in [0.15, 0.2) is 6.04 Å². The molecule has 0 saturated carbocycles. The van der Waals surface area contributed by atoms with Gasteiger partial charge in [0.05, 0.1) is 12.7 Å². The van der Waals surface area contributed by atoms with Crippen molar-refractivity contribution in [3.63, 3.8) is 0 Å². The van der Waals surface area contributed by atoms with Gasteiger partial charge in [-0.25, -0.2) is 9.59 Å². The molecule has 0 heterocycles. The highest BCUT2D eigenvalue weighted by molar-refractivity contribution is 5.98. The van der Waals surface area contributed by atoms with Gasteiger partial charge in [-0.05, 0) is 65.4 Å². The number of anilines is 1. The van der Waals surface area contributed by atoms with Crippen LogP contribution in [0.1, 0.15) is 45.5 Å². The summed E-state index contributed by atoms with van der Waals surface area (Å²) in [4.78, 5) is 37.6. The van der Waals surface area contributed by atoms with Gasteiger partial charge in [-0.15, -0.1) is 0 Å². The van der Waals surface area contributed by atoms with Gasteiger partial charge in [-0.1, -0.05) is 78.9 Å². The van der Waals surface area contributed by atoms with Crippen LogP contribution in [0.4, 0.5) is 10.5 Å². The molecule has 0 aromatic heterocycles. The van der Waals surface area contributed by atoms with Crippen LogP contribution in [0.5, 0.6) is 0 Å². The summed E-state index contributed by atoms with van der Waals surface area (Å²) in [6.07, 6.45) is -1.38. The molecule has 0 fully saturated rings. The molecule has 2 atom stereocenters. The number of carboxylic acid groups (broad SMARTS) is 1. The molecule has 4 aromatic rings. The normalized spacial score (nSPS) is 13.4. The minimum Gasteiger partial charge on any atom is -0.480 e. The highest BCUT2D eigenvalue weighted by atomic mass is 16.5. The molecule has 0 aliphatic heterocycles. The number of aliphatic carboxylic acids is 1. The van der Waals surface area contributed by atoms with Crippen LogP contribution in [0.2, 0.25) is 0 Å². The van der Waals surface area contributed by atoms with Gasteiger partial charge in [-0.2, -0.15) is 0 Å². The SMILES string of the molecule is Cc1cc(C(=O)N[C@@H](C(=O)O)[C@H](C)OCc2ccccc2)ccc1NC(=O)OCC1c2ccccc2-c2ccccc21. The Balaban J connectivity index is 1.18. The molecule has 5 rings (SSSR count). The largest absolute Gasteiger partial charge is 0.480 e. The fraction of sp³-hybridized carbons (Fsp3) is 0.206. The Hall–Kier alpha value is -4.95. The zero-order chi connectivity index (χ0) is 29.6. The van der Waals surface area contributed by atoms with Crippen molar-refractivity contribution in [2.45, 2.75) is 38.5 Å². The van der Waals surface area contributed by atoms with Crippen molar-refractivity contribution >= 4 is 23.7 Å². The number of benzene rings is 4. The number of hydrogen-bond acceptors (Lipinski definition) is 5. The molecule has 3 N–H and O–H groups in total. The van der Waals surface area contributed by atoms with Crippen molar-refractivity contribution in [2.75, 3.05) is 11.9 Å². The lowest BCUT2D eigenvalue weighted by Crippen LogP contribution is -2.48. The summed E-state index contributed by atoms with van der Waals surface area (Å²) in [6, 6.07) is 29.1. The van der Waals surface area contributed by atoms with Crippen LogP contribution in [-0.4, -0.2) is 41.8 Å². The first-order valence-corrected chi connectivity index (χ1v) is 13.7. The van der Waals surface area contributed by atoms with E-state index in [1.165, 1.54) is 6.07 Å². The summed E-state index contributed by atoms with van der Waals surface area (Å²) in [5.74, 6) is -1.82. The van der Waals surface area contributed by atoms with Gasteiger partial charge in [0.2, 0.25) is 0 Å². The van der Waals surface area contributed by atoms with Crippen molar-refractivity contribution in [2.24, 2.45) is 0 Å². The second kappa shape index (κ2) is 12.7. The molecule has 2 amide bonds. The standard InChI is InChI=1S/C34H32N2O6/c1-21-18-24(32(37)36-31(33(38)39)22(2)41-19-23-10-4-3-5-11-23)16-17-30(21)35-34(40)42-20-29-27-14-8-6-12-25(27)26-13-7-9-15-28(26)29/h3-18,22,29,31H,19-20H2,1-2H3,(H,35,40)(H,36,37)(H,38,39)/t22-,31+/m0/s1. The lowest BCUT2D eigenvalue weighted by molar-refractivity contribution is -0.143. The van der Waals surface area contributed by atoms with Crippen LogP contribution < -0.4 is 10.6 Å². The van der Waals surface area contributed by atoms with Crippen molar-refractivity contribution < 1.29 is 29.0 Å². The number of aryl methyl sites for hydroxylation is 1. The van der Waals surface area contributed by atoms with E-state index in [0.29, 0.717) is 11.3 Å². The van der Waals surface area contributed by atoms with Crippen LogP contribution in [-0.2, 0) is 20.9 Å². The number of carbonyl (C=O) groups is 3. The van der Waals surface area contributed by atoms with Gasteiger partial charge in [0.1, 0.15) is 6.61 Å². The van der Waals surface area contributed by atoms with Gasteiger partial charge < -0.3 is 19.9 Å². The van der Waals surface area contributed by atoms with Crippen LogP contribution in [0.15, 0.2) is 97.1 Å². The van der Waals surface area contributed by atoms with Crippen LogP contribution in [0.25, 0.3) is 11.1 Å². The van der Waals surface area contributed by atoms with Crippen molar-refractivity contribution in [3.8, 4) is 11.1 Å². The quantitative estimate of drug-likeness (QED) is 0.213. The molecule has 4 aromatic carbocycles. The lowest BCUT2D eigenvalue weighted by Gasteiger charge is -2.22. The number of carboxylic acids is 1. The summed E-state index contributed by atoms with van der Waals surface area (Å²) in [7, 11) is 0. The average molecular weight is 565 g/mol. The molecule has 8 heteroatoms. The molecule has 8 nitrogen and oxygen atoms in total. The van der Waals surface area contributed by atoms with Crippen molar-refractivity contribution in [3.05, 3.63) is 125 Å². The number of fused-ring (bicyclic) bond motifs is 3. The summed E-state index contributed by atoms with van der Waals surface area (Å²) in [5.41, 5.74) is 6.80. The molecular formula is C34H32N2O6. The Morgan fingerprint density at radius 3 is 2.10 bits per heavy atom. The van der Waals surface area contributed by atoms with E-state index in [1.807, 2.05) is 54.6 Å². The van der Waals surface area contributed by atoms with Gasteiger partial charge in [0, 0.05) is 17.2 Å². The maximum absolute atomic E-state index is 12.9. The van der Waals surface area contributed by atoms with E-state index in [1.54, 1.807) is 26.0 Å². The number of amides is 2. The summed E-state index contributed by atoms with van der Waals surface area (Å²) in [6.45, 7) is 3.75. The summed E-state index contributed by atoms with van der Waals surface area (Å²) in [5, 5.41) is 15.0. The zero-order valence-corrected chi connectivity index (χ0v) is 23.4. The van der Waals surface area contributed by atoms with Crippen molar-refractivity contribution in [1.82, 2.24) is 5.32 Å². The molecular weight excluding hydrogens is 532 g/mol. The molecule has 0 saturated heterocycles. The first kappa shape index (κ1) is 28.6. The predicted molar refractivity (Wildman–Crippen MR) is 159 cm³/mol. The third kappa shape index (κ3) is 6.34. The fourth-order valence-electron chi connectivity index (χ4n) is 5.19. The first-order valence-electron chi connectivity index (χ1n) is 13.7. The summed E-state index contributed by atoms with van der Waals surface area (Å²) < 4.78 is 11.3. The molecule has 0 radical (unpaired) electrons. The Kier molecular flexibility index (Phi) is 8.64. The van der Waals surface area contributed by atoms with E-state index in [4.69, 9.17) is 9.47 Å². The van der Waals surface area contributed by atoms with Crippen LogP contribution >= 0.6 is 0 Å². The van der Waals surface area contributed by atoms with E-state index in [2.05, 4.69) is 34.9 Å². The highest BCUT2D eigenvalue weighted by Gasteiger charge is 2.30. The topological polar surface area (TPSA) is 114 Å². The predicted octanol–water partition coefficient (Wildman–Crippen LogP) is 6.14. The zero-order valence-electron chi connectivity index (χ0n) is 23.4. The fourth-order valence-corrected chi connectivity index (χ4v) is 5.19. The minimum atomic E-state index is -1.25. The second-order valence-corrected chi connectivity index (χ2v) is 10.3. The highest BCUT2D eigenvalue weighted by Crippen LogP contribution is 2.44. The number of rotatable bonds is 10. The van der Waals surface area contributed by atoms with Crippen molar-refractivity contribution in [1.29, 1.82) is 0 Å². The van der Waals surface area contributed by atoms with Gasteiger partial charge in [-0.3, -0.25) is 10.1 Å². The average Bonchev–Trinajstić information content (AvgIpc) is 3.32. The maximum Gasteiger partial charge on any atom is 0.411 e. The monoisotopic (exact) mass is 564 g/mol. The smallest absolute Gasteiger partial charge is 0.411 e. The molecule has 0 unspecified atom stereocenters. The first-order chi connectivity index (χ1) is 20.3. The number of carbonyl (C=O) groups excluding carboxylic acids is 2. The van der Waals surface area contributed by atoms with Gasteiger partial charge >= 0.3 is 12.1 Å². The second-order valence-electron chi connectivity index (χ2n) is 10.3. The Labute approximate surface area is 244 Å². The van der Waals surface area contributed by atoms with Gasteiger partial charge in [0.25, 0.3) is 5.91 Å². The minimum absolute atomic E-state index is 0.0587.